The number of carbonyl (C=O) groups excluding carboxylic acids is 2. The molecule has 7 nitrogen and oxygen atoms in total. The molecule has 0 bridgehead atoms. The van der Waals surface area contributed by atoms with Crippen molar-refractivity contribution in [2.75, 3.05) is 24.7 Å². The average Bonchev–Trinajstić information content (AvgIpc) is 3.55. The number of amides is 2. The lowest BCUT2D eigenvalue weighted by molar-refractivity contribution is -0.117. The number of anilines is 1. The molecule has 0 spiro atoms. The van der Waals surface area contributed by atoms with Crippen LogP contribution >= 0.6 is 0 Å². The maximum absolute atomic E-state index is 13.6. The van der Waals surface area contributed by atoms with Crippen molar-refractivity contribution < 1.29 is 19.1 Å². The summed E-state index contributed by atoms with van der Waals surface area (Å²) in [7, 11) is 0. The predicted molar refractivity (Wildman–Crippen MR) is 174 cm³/mol. The summed E-state index contributed by atoms with van der Waals surface area (Å²) in [4.78, 5) is 27.5. The zero-order valence-electron chi connectivity index (χ0n) is 25.7. The minimum absolute atomic E-state index is 0.122. The van der Waals surface area contributed by atoms with Crippen molar-refractivity contribution in [1.82, 2.24) is 9.88 Å². The minimum Gasteiger partial charge on any atom is -0.491 e. The first kappa shape index (κ1) is 28.5. The van der Waals surface area contributed by atoms with Crippen LogP contribution in [0.4, 0.5) is 5.69 Å². The molecule has 1 aromatic heterocycles. The maximum atomic E-state index is 13.6. The van der Waals surface area contributed by atoms with Gasteiger partial charge in [0.15, 0.2) is 0 Å². The van der Waals surface area contributed by atoms with Gasteiger partial charge in [-0.15, -0.1) is 0 Å². The molecule has 0 unspecified atom stereocenters. The second-order valence-electron chi connectivity index (χ2n) is 13.1. The van der Waals surface area contributed by atoms with Crippen molar-refractivity contribution in [3.8, 4) is 22.8 Å². The van der Waals surface area contributed by atoms with E-state index in [1.165, 1.54) is 48.7 Å². The molecule has 1 N–H and O–H groups in total. The van der Waals surface area contributed by atoms with E-state index in [9.17, 15) is 9.59 Å². The number of fused-ring (bicyclic) bond motifs is 5. The number of benzene rings is 3. The van der Waals surface area contributed by atoms with E-state index in [0.29, 0.717) is 36.9 Å². The summed E-state index contributed by atoms with van der Waals surface area (Å²) >= 11 is 0. The van der Waals surface area contributed by atoms with Crippen molar-refractivity contribution in [1.29, 1.82) is 0 Å². The van der Waals surface area contributed by atoms with Gasteiger partial charge in [-0.2, -0.15) is 0 Å². The van der Waals surface area contributed by atoms with Gasteiger partial charge in [0.25, 0.3) is 5.91 Å². The van der Waals surface area contributed by atoms with Crippen LogP contribution in [0.5, 0.6) is 11.5 Å². The molecule has 7 rings (SSSR count). The first-order chi connectivity index (χ1) is 21.4. The van der Waals surface area contributed by atoms with Crippen LogP contribution < -0.4 is 19.7 Å². The molecule has 2 amide bonds. The lowest BCUT2D eigenvalue weighted by Gasteiger charge is -2.26. The number of rotatable bonds is 7. The number of carbonyl (C=O) groups is 2. The van der Waals surface area contributed by atoms with Crippen LogP contribution in [-0.2, 0) is 11.3 Å². The number of aromatic nitrogens is 1. The summed E-state index contributed by atoms with van der Waals surface area (Å²) in [6.07, 6.45) is 7.73. The van der Waals surface area contributed by atoms with Crippen LogP contribution in [-0.4, -0.2) is 41.7 Å². The fourth-order valence-corrected chi connectivity index (χ4v) is 7.20. The minimum atomic E-state index is -0.605. The van der Waals surface area contributed by atoms with Crippen LogP contribution in [0.3, 0.4) is 0 Å². The highest BCUT2D eigenvalue weighted by Crippen LogP contribution is 2.47. The SMILES string of the molecule is CC(C)(COc1ccc(N2CCCC2=O)cc1)NC(=O)c1ccc2c(C3CCCCC3)c3n(c2c1)CCOc1ccccc1-3. The number of nitrogens with zero attached hydrogens (tertiary/aromatic N) is 2. The van der Waals surface area contributed by atoms with Gasteiger partial charge in [-0.25, -0.2) is 0 Å². The quantitative estimate of drug-likeness (QED) is 0.242. The first-order valence-corrected chi connectivity index (χ1v) is 16.1. The van der Waals surface area contributed by atoms with Crippen molar-refractivity contribution in [3.63, 3.8) is 0 Å². The largest absolute Gasteiger partial charge is 0.491 e. The number of ether oxygens (including phenoxy) is 2. The fraction of sp³-hybridized carbons (Fsp3) is 0.405. The highest BCUT2D eigenvalue weighted by Gasteiger charge is 2.30. The summed E-state index contributed by atoms with van der Waals surface area (Å²) in [5.41, 5.74) is 5.84. The number of nitrogens with one attached hydrogen (secondary N) is 1. The van der Waals surface area contributed by atoms with Gasteiger partial charge in [0.1, 0.15) is 24.7 Å². The van der Waals surface area contributed by atoms with Crippen molar-refractivity contribution in [2.24, 2.45) is 0 Å². The smallest absolute Gasteiger partial charge is 0.251 e. The van der Waals surface area contributed by atoms with Gasteiger partial charge in [0, 0.05) is 40.7 Å². The van der Waals surface area contributed by atoms with Crippen LogP contribution in [0.1, 0.15) is 80.6 Å². The molecular weight excluding hydrogens is 550 g/mol. The molecule has 3 aromatic carbocycles. The van der Waals surface area contributed by atoms with Gasteiger partial charge in [0.2, 0.25) is 5.91 Å². The maximum Gasteiger partial charge on any atom is 0.251 e. The Morgan fingerprint density at radius 3 is 2.55 bits per heavy atom. The summed E-state index contributed by atoms with van der Waals surface area (Å²) in [5.74, 6) is 2.20. The molecule has 1 aliphatic carbocycles. The Balaban J connectivity index is 1.13. The van der Waals surface area contributed by atoms with Crippen LogP contribution in [0, 0.1) is 0 Å². The third kappa shape index (κ3) is 5.44. The molecule has 1 saturated heterocycles. The third-order valence-corrected chi connectivity index (χ3v) is 9.37. The molecule has 44 heavy (non-hydrogen) atoms. The van der Waals surface area contributed by atoms with Gasteiger partial charge < -0.3 is 24.3 Å². The molecule has 2 aliphatic heterocycles. The average molecular weight is 592 g/mol. The molecule has 3 aliphatic rings. The molecule has 3 heterocycles. The van der Waals surface area contributed by atoms with Crippen molar-refractivity contribution in [2.45, 2.75) is 76.8 Å². The van der Waals surface area contributed by atoms with Gasteiger partial charge in [0.05, 0.1) is 17.8 Å². The van der Waals surface area contributed by atoms with E-state index in [0.717, 1.165) is 42.0 Å². The predicted octanol–water partition coefficient (Wildman–Crippen LogP) is 7.46. The molecule has 2 fully saturated rings. The Kier molecular flexibility index (Phi) is 7.57. The molecule has 228 valence electrons. The standard InChI is InChI=1S/C37H41N3O4/c1-37(2,24-44-28-17-15-27(16-18-28)39-20-8-13-33(39)41)38-36(42)26-14-19-29-31(23-26)40-21-22-43-32-12-7-6-11-30(32)35(40)34(29)25-9-4-3-5-10-25/h6-7,11-12,14-19,23,25H,3-5,8-10,13,20-22,24H2,1-2H3,(H,38,42). The zero-order valence-corrected chi connectivity index (χ0v) is 25.7. The normalized spacial score (nSPS) is 17.1. The van der Waals surface area contributed by atoms with E-state index < -0.39 is 5.54 Å². The molecular formula is C37H41N3O4. The third-order valence-electron chi connectivity index (χ3n) is 9.37. The van der Waals surface area contributed by atoms with Crippen LogP contribution in [0.25, 0.3) is 22.2 Å². The second-order valence-corrected chi connectivity index (χ2v) is 13.1. The summed E-state index contributed by atoms with van der Waals surface area (Å²) in [6.45, 7) is 6.34. The lowest BCUT2D eigenvalue weighted by atomic mass is 9.81. The van der Waals surface area contributed by atoms with E-state index in [4.69, 9.17) is 9.47 Å². The van der Waals surface area contributed by atoms with E-state index in [1.807, 2.05) is 55.1 Å². The summed E-state index contributed by atoms with van der Waals surface area (Å²) < 4.78 is 14.7. The number of hydrogen-bond acceptors (Lipinski definition) is 4. The highest BCUT2D eigenvalue weighted by atomic mass is 16.5. The second kappa shape index (κ2) is 11.7. The van der Waals surface area contributed by atoms with Crippen molar-refractivity contribution in [3.05, 3.63) is 77.9 Å². The van der Waals surface area contributed by atoms with Gasteiger partial charge in [-0.1, -0.05) is 37.5 Å². The van der Waals surface area contributed by atoms with Crippen LogP contribution in [0.2, 0.25) is 0 Å². The first-order valence-electron chi connectivity index (χ1n) is 16.1. The Labute approximate surface area is 259 Å². The van der Waals surface area contributed by atoms with E-state index in [2.05, 4.69) is 40.2 Å². The summed E-state index contributed by atoms with van der Waals surface area (Å²) in [5, 5.41) is 4.45. The molecule has 0 atom stereocenters. The van der Waals surface area contributed by atoms with Gasteiger partial charge in [-0.05, 0) is 93.1 Å². The topological polar surface area (TPSA) is 72.8 Å². The Morgan fingerprint density at radius 2 is 1.77 bits per heavy atom. The number of hydrogen-bond donors (Lipinski definition) is 1. The van der Waals surface area contributed by atoms with E-state index in [-0.39, 0.29) is 11.8 Å². The Hall–Kier alpha value is -4.26. The van der Waals surface area contributed by atoms with Gasteiger partial charge in [-0.3, -0.25) is 9.59 Å². The van der Waals surface area contributed by atoms with E-state index >= 15 is 0 Å². The molecule has 4 aromatic rings. The monoisotopic (exact) mass is 591 g/mol. The Bertz CT molecular complexity index is 1700. The molecule has 7 heteroatoms. The van der Waals surface area contributed by atoms with Crippen LogP contribution in [0.15, 0.2) is 66.7 Å². The Morgan fingerprint density at radius 1 is 0.977 bits per heavy atom. The lowest BCUT2D eigenvalue weighted by Crippen LogP contribution is -2.47. The fourth-order valence-electron chi connectivity index (χ4n) is 7.20. The van der Waals surface area contributed by atoms with E-state index in [1.54, 1.807) is 0 Å². The highest BCUT2D eigenvalue weighted by molar-refractivity contribution is 6.01. The molecule has 0 radical (unpaired) electrons. The molecule has 1 saturated carbocycles. The number of para-hydroxylation sites is 1. The van der Waals surface area contributed by atoms with Gasteiger partial charge >= 0.3 is 0 Å². The van der Waals surface area contributed by atoms with Crippen molar-refractivity contribution >= 4 is 28.4 Å². The summed E-state index contributed by atoms with van der Waals surface area (Å²) in [6, 6.07) is 22.2. The zero-order chi connectivity index (χ0) is 30.3.